The van der Waals surface area contributed by atoms with E-state index in [0.29, 0.717) is 6.54 Å². The lowest BCUT2D eigenvalue weighted by Gasteiger charge is -2.26. The Morgan fingerprint density at radius 1 is 1.33 bits per heavy atom. The smallest absolute Gasteiger partial charge is 0.137 e. The zero-order valence-corrected chi connectivity index (χ0v) is 10.5. The first-order valence-corrected chi connectivity index (χ1v) is 6.10. The highest BCUT2D eigenvalue weighted by Crippen LogP contribution is 2.30. The van der Waals surface area contributed by atoms with Crippen molar-refractivity contribution < 1.29 is 0 Å². The van der Waals surface area contributed by atoms with Crippen molar-refractivity contribution in [1.82, 2.24) is 14.8 Å². The largest absolute Gasteiger partial charge is 0.251 e. The summed E-state index contributed by atoms with van der Waals surface area (Å²) in [5.41, 5.74) is 0.522. The van der Waals surface area contributed by atoms with Crippen LogP contribution in [-0.4, -0.2) is 14.8 Å². The van der Waals surface area contributed by atoms with Gasteiger partial charge in [-0.25, -0.2) is 4.98 Å². The fraction of sp³-hybridized carbons (Fsp3) is 0.357. The molecule has 0 amide bonds. The lowest BCUT2D eigenvalue weighted by Crippen LogP contribution is -2.30. The number of benzene rings is 1. The normalized spacial score (nSPS) is 13.8. The predicted molar refractivity (Wildman–Crippen MR) is 68.7 cm³/mol. The predicted octanol–water partition coefficient (Wildman–Crippen LogP) is 2.54. The van der Waals surface area contributed by atoms with Gasteiger partial charge in [0.1, 0.15) is 18.1 Å². The molecule has 1 aromatic carbocycles. The summed E-state index contributed by atoms with van der Waals surface area (Å²) >= 11 is 0. The SMILES string of the molecule is CCCC(C#N)(Cn1cncn1)c1ccccc1. The average molecular weight is 240 g/mol. The third kappa shape index (κ3) is 2.40. The Kier molecular flexibility index (Phi) is 3.73. The molecule has 18 heavy (non-hydrogen) atoms. The van der Waals surface area contributed by atoms with Gasteiger partial charge in [-0.15, -0.1) is 0 Å². The molecule has 4 heteroatoms. The monoisotopic (exact) mass is 240 g/mol. The van der Waals surface area contributed by atoms with Gasteiger partial charge >= 0.3 is 0 Å². The topological polar surface area (TPSA) is 54.5 Å². The number of rotatable bonds is 5. The third-order valence-corrected chi connectivity index (χ3v) is 3.12. The van der Waals surface area contributed by atoms with Crippen LogP contribution < -0.4 is 0 Å². The van der Waals surface area contributed by atoms with E-state index in [2.05, 4.69) is 23.1 Å². The highest BCUT2D eigenvalue weighted by Gasteiger charge is 2.32. The second kappa shape index (κ2) is 5.46. The summed E-state index contributed by atoms with van der Waals surface area (Å²) in [6, 6.07) is 12.4. The second-order valence-electron chi connectivity index (χ2n) is 4.40. The van der Waals surface area contributed by atoms with E-state index in [9.17, 15) is 5.26 Å². The summed E-state index contributed by atoms with van der Waals surface area (Å²) < 4.78 is 1.73. The van der Waals surface area contributed by atoms with Crippen LogP contribution in [0.15, 0.2) is 43.0 Å². The molecule has 1 aromatic heterocycles. The van der Waals surface area contributed by atoms with Crippen LogP contribution in [0, 0.1) is 11.3 Å². The number of aromatic nitrogens is 3. The Bertz CT molecular complexity index is 512. The maximum atomic E-state index is 9.65. The highest BCUT2D eigenvalue weighted by molar-refractivity contribution is 5.32. The molecule has 1 atom stereocenters. The second-order valence-corrected chi connectivity index (χ2v) is 4.40. The third-order valence-electron chi connectivity index (χ3n) is 3.12. The molecule has 1 unspecified atom stereocenters. The molecule has 4 nitrogen and oxygen atoms in total. The van der Waals surface area contributed by atoms with E-state index in [4.69, 9.17) is 0 Å². The van der Waals surface area contributed by atoms with Crippen molar-refractivity contribution in [2.24, 2.45) is 0 Å². The molecule has 2 rings (SSSR count). The van der Waals surface area contributed by atoms with Crippen LogP contribution in [0.4, 0.5) is 0 Å². The zero-order valence-electron chi connectivity index (χ0n) is 10.5. The summed E-state index contributed by atoms with van der Waals surface area (Å²) in [5, 5.41) is 13.8. The van der Waals surface area contributed by atoms with Crippen molar-refractivity contribution >= 4 is 0 Å². The van der Waals surface area contributed by atoms with Crippen LogP contribution in [0.2, 0.25) is 0 Å². The Labute approximate surface area is 107 Å². The first-order valence-electron chi connectivity index (χ1n) is 6.10. The summed E-state index contributed by atoms with van der Waals surface area (Å²) in [6.45, 7) is 2.64. The van der Waals surface area contributed by atoms with Crippen LogP contribution in [-0.2, 0) is 12.0 Å². The summed E-state index contributed by atoms with van der Waals surface area (Å²) in [7, 11) is 0. The molecule has 0 aliphatic heterocycles. The van der Waals surface area contributed by atoms with Gasteiger partial charge in [0.05, 0.1) is 12.6 Å². The lowest BCUT2D eigenvalue weighted by molar-refractivity contribution is 0.398. The Balaban J connectivity index is 2.37. The minimum Gasteiger partial charge on any atom is -0.251 e. The molecule has 92 valence electrons. The van der Waals surface area contributed by atoms with Gasteiger partial charge in [0.2, 0.25) is 0 Å². The van der Waals surface area contributed by atoms with Gasteiger partial charge in [0.25, 0.3) is 0 Å². The summed E-state index contributed by atoms with van der Waals surface area (Å²) in [5.74, 6) is 0. The van der Waals surface area contributed by atoms with E-state index < -0.39 is 5.41 Å². The first kappa shape index (κ1) is 12.3. The van der Waals surface area contributed by atoms with Gasteiger partial charge in [-0.3, -0.25) is 4.68 Å². The van der Waals surface area contributed by atoms with E-state index in [1.165, 1.54) is 6.33 Å². The van der Waals surface area contributed by atoms with Crippen LogP contribution in [0.1, 0.15) is 25.3 Å². The minimum absolute atomic E-state index is 0.524. The maximum absolute atomic E-state index is 9.65. The van der Waals surface area contributed by atoms with E-state index in [-0.39, 0.29) is 0 Å². The van der Waals surface area contributed by atoms with Gasteiger partial charge < -0.3 is 0 Å². The van der Waals surface area contributed by atoms with Gasteiger partial charge in [-0.1, -0.05) is 43.7 Å². The molecule has 0 aliphatic carbocycles. The molecule has 0 saturated carbocycles. The molecule has 0 N–H and O–H groups in total. The molecule has 0 spiro atoms. The lowest BCUT2D eigenvalue weighted by atomic mass is 9.78. The van der Waals surface area contributed by atoms with E-state index in [1.54, 1.807) is 11.0 Å². The maximum Gasteiger partial charge on any atom is 0.137 e. The highest BCUT2D eigenvalue weighted by atomic mass is 15.3. The van der Waals surface area contributed by atoms with E-state index in [0.717, 1.165) is 18.4 Å². The van der Waals surface area contributed by atoms with Crippen molar-refractivity contribution in [3.05, 3.63) is 48.5 Å². The average Bonchev–Trinajstić information content (AvgIpc) is 2.92. The fourth-order valence-corrected chi connectivity index (χ4v) is 2.25. The molecule has 1 heterocycles. The molecule has 0 saturated heterocycles. The van der Waals surface area contributed by atoms with Crippen LogP contribution in [0.5, 0.6) is 0 Å². The van der Waals surface area contributed by atoms with Gasteiger partial charge in [-0.05, 0) is 12.0 Å². The first-order chi connectivity index (χ1) is 8.80. The zero-order chi connectivity index (χ0) is 12.8. The van der Waals surface area contributed by atoms with Crippen molar-refractivity contribution in [1.29, 1.82) is 5.26 Å². The van der Waals surface area contributed by atoms with E-state index in [1.807, 2.05) is 30.3 Å². The molecule has 0 aliphatic rings. The Hall–Kier alpha value is -2.15. The minimum atomic E-state index is -0.524. The standard InChI is InChI=1S/C14H16N4/c1-2-8-14(9-15,10-18-12-16-11-17-18)13-6-4-3-5-7-13/h3-7,11-12H,2,8,10H2,1H3. The van der Waals surface area contributed by atoms with Gasteiger partial charge in [0, 0.05) is 0 Å². The molecular formula is C14H16N4. The quantitative estimate of drug-likeness (QED) is 0.807. The van der Waals surface area contributed by atoms with Crippen LogP contribution in [0.25, 0.3) is 0 Å². The number of hydrogen-bond donors (Lipinski definition) is 0. The van der Waals surface area contributed by atoms with Crippen molar-refractivity contribution in [3.8, 4) is 6.07 Å². The number of nitrogens with zero attached hydrogens (tertiary/aromatic N) is 4. The van der Waals surface area contributed by atoms with Crippen molar-refractivity contribution in [2.45, 2.75) is 31.7 Å². The Morgan fingerprint density at radius 2 is 2.11 bits per heavy atom. The van der Waals surface area contributed by atoms with Gasteiger partial charge in [0.15, 0.2) is 0 Å². The van der Waals surface area contributed by atoms with Crippen LogP contribution in [0.3, 0.4) is 0 Å². The number of hydrogen-bond acceptors (Lipinski definition) is 3. The Morgan fingerprint density at radius 3 is 2.67 bits per heavy atom. The van der Waals surface area contributed by atoms with Gasteiger partial charge in [-0.2, -0.15) is 10.4 Å². The van der Waals surface area contributed by atoms with E-state index >= 15 is 0 Å². The molecular weight excluding hydrogens is 224 g/mol. The molecule has 0 fully saturated rings. The van der Waals surface area contributed by atoms with Crippen molar-refractivity contribution in [2.75, 3.05) is 0 Å². The molecule has 0 radical (unpaired) electrons. The summed E-state index contributed by atoms with van der Waals surface area (Å²) in [4.78, 5) is 3.94. The van der Waals surface area contributed by atoms with Crippen LogP contribution >= 0.6 is 0 Å². The number of nitriles is 1. The molecule has 2 aromatic rings. The fourth-order valence-electron chi connectivity index (χ4n) is 2.25. The summed E-state index contributed by atoms with van der Waals surface area (Å²) in [6.07, 6.45) is 4.92. The van der Waals surface area contributed by atoms with Crippen molar-refractivity contribution in [3.63, 3.8) is 0 Å². The molecule has 0 bridgehead atoms.